The van der Waals surface area contributed by atoms with Gasteiger partial charge >= 0.3 is 0 Å². The summed E-state index contributed by atoms with van der Waals surface area (Å²) in [5.74, 6) is 1.89. The molecule has 1 atom stereocenters. The van der Waals surface area contributed by atoms with Crippen molar-refractivity contribution in [1.29, 1.82) is 0 Å². The number of hydrogen-bond acceptors (Lipinski definition) is 5. The van der Waals surface area contributed by atoms with Crippen LogP contribution in [-0.4, -0.2) is 30.5 Å². The topological polar surface area (TPSA) is 52.9 Å². The van der Waals surface area contributed by atoms with Crippen molar-refractivity contribution < 1.29 is 14.2 Å². The summed E-state index contributed by atoms with van der Waals surface area (Å²) < 4.78 is 17.8. The lowest BCUT2D eigenvalue weighted by Crippen LogP contribution is -2.38. The number of allylic oxidation sites excluding steroid dienone is 1. The Morgan fingerprint density at radius 2 is 1.85 bits per heavy atom. The van der Waals surface area contributed by atoms with Gasteiger partial charge < -0.3 is 14.2 Å². The summed E-state index contributed by atoms with van der Waals surface area (Å²) >= 11 is 0. The van der Waals surface area contributed by atoms with Crippen molar-refractivity contribution in [1.82, 2.24) is 4.98 Å². The Labute approximate surface area is 230 Å². The van der Waals surface area contributed by atoms with Crippen molar-refractivity contribution >= 4 is 17.1 Å². The van der Waals surface area contributed by atoms with Crippen LogP contribution in [0.4, 0.5) is 0 Å². The molecule has 1 aromatic heterocycles. The first-order valence-corrected chi connectivity index (χ1v) is 13.7. The van der Waals surface area contributed by atoms with Gasteiger partial charge in [0.15, 0.2) is 0 Å². The molecule has 198 valence electrons. The molecule has 2 aliphatic heterocycles. The summed E-state index contributed by atoms with van der Waals surface area (Å²) in [6, 6.07) is 23.7. The Bertz CT molecular complexity index is 1580. The third kappa shape index (κ3) is 5.32. The zero-order chi connectivity index (χ0) is 26.9. The molecule has 39 heavy (non-hydrogen) atoms. The standard InChI is InChI=1S/C34H34N2O3/c1-21(2)16-35-17-23(4)34-25-9-8-22(3)27(12-25)18-38-28-7-5-6-24(13-28)30-15-33(39-29-19-37-20-29)36-32-11-10-26(34)14-31(30)32/h5-17,21,29,34H,18-20H2,1-4H3/b23-17+,35-16?. The molecule has 3 aromatic carbocycles. The van der Waals surface area contributed by atoms with E-state index in [1.165, 1.54) is 27.8 Å². The number of fused-ring (bicyclic) bond motifs is 6. The average Bonchev–Trinajstić information content (AvgIpc) is 2.90. The summed E-state index contributed by atoms with van der Waals surface area (Å²) in [6.07, 6.45) is 4.04. The van der Waals surface area contributed by atoms with E-state index in [9.17, 15) is 0 Å². The van der Waals surface area contributed by atoms with Gasteiger partial charge in [0.05, 0.1) is 18.7 Å². The number of rotatable bonds is 5. The van der Waals surface area contributed by atoms with Crippen molar-refractivity contribution in [2.45, 2.75) is 46.3 Å². The van der Waals surface area contributed by atoms with Gasteiger partial charge in [0.2, 0.25) is 5.88 Å². The Hall–Kier alpha value is -3.96. The van der Waals surface area contributed by atoms with Crippen molar-refractivity contribution in [3.8, 4) is 22.8 Å². The lowest BCUT2D eigenvalue weighted by atomic mass is 9.83. The Morgan fingerprint density at radius 3 is 2.64 bits per heavy atom. The number of ether oxygens (including phenoxy) is 3. The van der Waals surface area contributed by atoms with E-state index in [1.54, 1.807) is 0 Å². The van der Waals surface area contributed by atoms with E-state index >= 15 is 0 Å². The van der Waals surface area contributed by atoms with Gasteiger partial charge in [0.1, 0.15) is 18.5 Å². The number of pyridine rings is 1. The monoisotopic (exact) mass is 518 g/mol. The van der Waals surface area contributed by atoms with Gasteiger partial charge in [-0.25, -0.2) is 4.98 Å². The van der Waals surface area contributed by atoms with Crippen molar-refractivity contribution in [2.24, 2.45) is 10.9 Å². The minimum atomic E-state index is 0.0397. The second-order valence-electron chi connectivity index (χ2n) is 10.9. The molecule has 0 saturated carbocycles. The van der Waals surface area contributed by atoms with E-state index in [0.29, 0.717) is 31.6 Å². The van der Waals surface area contributed by atoms with Crippen LogP contribution in [0.3, 0.4) is 0 Å². The highest BCUT2D eigenvalue weighted by Gasteiger charge is 2.23. The molecule has 3 heterocycles. The maximum Gasteiger partial charge on any atom is 0.214 e. The van der Waals surface area contributed by atoms with E-state index in [4.69, 9.17) is 19.2 Å². The summed E-state index contributed by atoms with van der Waals surface area (Å²) in [5, 5.41) is 1.08. The molecular weight excluding hydrogens is 484 g/mol. The van der Waals surface area contributed by atoms with Crippen LogP contribution in [-0.2, 0) is 11.3 Å². The molecule has 0 N–H and O–H groups in total. The minimum Gasteiger partial charge on any atom is -0.489 e. The molecule has 6 rings (SSSR count). The van der Waals surface area contributed by atoms with Crippen LogP contribution in [0.5, 0.6) is 11.6 Å². The predicted molar refractivity (Wildman–Crippen MR) is 157 cm³/mol. The summed E-state index contributed by atoms with van der Waals surface area (Å²) in [4.78, 5) is 9.53. The third-order valence-corrected chi connectivity index (χ3v) is 7.40. The largest absolute Gasteiger partial charge is 0.489 e. The van der Waals surface area contributed by atoms with Crippen molar-refractivity contribution in [3.05, 3.63) is 101 Å². The molecule has 2 aliphatic rings. The van der Waals surface area contributed by atoms with Gasteiger partial charge in [-0.3, -0.25) is 4.99 Å². The maximum atomic E-state index is 6.34. The molecule has 1 unspecified atom stereocenters. The third-order valence-electron chi connectivity index (χ3n) is 7.40. The number of aryl methyl sites for hydroxylation is 1. The fraction of sp³-hybridized carbons (Fsp3) is 0.294. The fourth-order valence-electron chi connectivity index (χ4n) is 5.22. The van der Waals surface area contributed by atoms with Gasteiger partial charge in [-0.1, -0.05) is 50.2 Å². The van der Waals surface area contributed by atoms with Crippen molar-refractivity contribution in [3.63, 3.8) is 0 Å². The normalized spacial score (nSPS) is 17.5. The van der Waals surface area contributed by atoms with Crippen molar-refractivity contribution in [2.75, 3.05) is 13.2 Å². The summed E-state index contributed by atoms with van der Waals surface area (Å²) in [5.41, 5.74) is 9.03. The lowest BCUT2D eigenvalue weighted by Gasteiger charge is -2.26. The second kappa shape index (κ2) is 10.7. The van der Waals surface area contributed by atoms with Gasteiger partial charge in [0.25, 0.3) is 0 Å². The van der Waals surface area contributed by atoms with Crippen LogP contribution in [0.2, 0.25) is 0 Å². The van der Waals surface area contributed by atoms with Crippen LogP contribution in [0.1, 0.15) is 48.9 Å². The Kier molecular flexibility index (Phi) is 6.92. The summed E-state index contributed by atoms with van der Waals surface area (Å²) in [6.45, 7) is 10.3. The highest BCUT2D eigenvalue weighted by Crippen LogP contribution is 2.39. The molecular formula is C34H34N2O3. The highest BCUT2D eigenvalue weighted by atomic mass is 16.6. The van der Waals surface area contributed by atoms with E-state index in [0.717, 1.165) is 27.8 Å². The van der Waals surface area contributed by atoms with Crippen LogP contribution in [0.15, 0.2) is 83.5 Å². The molecule has 6 bridgehead atoms. The van der Waals surface area contributed by atoms with Gasteiger partial charge in [-0.2, -0.15) is 0 Å². The number of nitrogens with zero attached hydrogens (tertiary/aromatic N) is 2. The maximum absolute atomic E-state index is 6.34. The van der Waals surface area contributed by atoms with Gasteiger partial charge in [0, 0.05) is 29.8 Å². The van der Waals surface area contributed by atoms with Gasteiger partial charge in [-0.05, 0) is 83.0 Å². The van der Waals surface area contributed by atoms with Crippen LogP contribution >= 0.6 is 0 Å². The van der Waals surface area contributed by atoms with E-state index in [-0.39, 0.29) is 12.0 Å². The lowest BCUT2D eigenvalue weighted by molar-refractivity contribution is -0.0812. The van der Waals surface area contributed by atoms with Crippen LogP contribution in [0.25, 0.3) is 22.0 Å². The quantitative estimate of drug-likeness (QED) is 0.255. The SMILES string of the molecule is C/C(=C\N=CC(C)C)C1c2ccc(C)c(c2)COc2cccc(c2)-c2cc(OC3COC3)nc3ccc1cc23. The smallest absolute Gasteiger partial charge is 0.214 e. The first kappa shape index (κ1) is 25.3. The molecule has 0 radical (unpaired) electrons. The summed E-state index contributed by atoms with van der Waals surface area (Å²) in [7, 11) is 0. The number of benzene rings is 3. The second-order valence-corrected chi connectivity index (χ2v) is 10.9. The Morgan fingerprint density at radius 1 is 1.03 bits per heavy atom. The zero-order valence-corrected chi connectivity index (χ0v) is 23.0. The predicted octanol–water partition coefficient (Wildman–Crippen LogP) is 7.64. The van der Waals surface area contributed by atoms with E-state index in [2.05, 4.69) is 87.3 Å². The minimum absolute atomic E-state index is 0.0397. The van der Waals surface area contributed by atoms with E-state index < -0.39 is 0 Å². The molecule has 0 spiro atoms. The number of aromatic nitrogens is 1. The van der Waals surface area contributed by atoms with E-state index in [1.807, 2.05) is 24.5 Å². The molecule has 0 amide bonds. The first-order chi connectivity index (χ1) is 18.9. The Balaban J connectivity index is 1.57. The molecule has 1 fully saturated rings. The molecule has 5 nitrogen and oxygen atoms in total. The van der Waals surface area contributed by atoms with Crippen LogP contribution in [0, 0.1) is 12.8 Å². The zero-order valence-electron chi connectivity index (χ0n) is 23.0. The fourth-order valence-corrected chi connectivity index (χ4v) is 5.22. The highest BCUT2D eigenvalue weighted by molar-refractivity contribution is 5.96. The molecule has 0 aliphatic carbocycles. The molecule has 5 heteroatoms. The average molecular weight is 519 g/mol. The first-order valence-electron chi connectivity index (χ1n) is 13.7. The number of hydrogen-bond donors (Lipinski definition) is 0. The molecule has 1 saturated heterocycles. The van der Waals surface area contributed by atoms with Gasteiger partial charge in [-0.15, -0.1) is 0 Å². The van der Waals surface area contributed by atoms with Crippen LogP contribution < -0.4 is 9.47 Å². The number of aliphatic imine (C=N–C) groups is 1. The molecule has 4 aromatic rings.